The Morgan fingerprint density at radius 2 is 2.11 bits per heavy atom. The number of hydrogen-bond donors (Lipinski definition) is 0. The van der Waals surface area contributed by atoms with Crippen molar-refractivity contribution in [3.05, 3.63) is 11.6 Å². The zero-order valence-corrected chi connectivity index (χ0v) is 13.0. The van der Waals surface area contributed by atoms with Gasteiger partial charge in [-0.3, -0.25) is 4.79 Å². The van der Waals surface area contributed by atoms with E-state index in [4.69, 9.17) is 0 Å². The Labute approximate surface area is 113 Å². The van der Waals surface area contributed by atoms with Crippen LogP contribution in [-0.2, 0) is 15.8 Å². The van der Waals surface area contributed by atoms with E-state index >= 15 is 0 Å². The Kier molecular flexibility index (Phi) is 5.29. The summed E-state index contributed by atoms with van der Waals surface area (Å²) in [7, 11) is -1.05. The van der Waals surface area contributed by atoms with Gasteiger partial charge >= 0.3 is 0 Å². The maximum Gasteiger partial charge on any atom is 0.157 e. The van der Waals surface area contributed by atoms with Gasteiger partial charge in [0.1, 0.15) is 11.0 Å². The van der Waals surface area contributed by atoms with Crippen LogP contribution in [0.2, 0.25) is 0 Å². The Balaban J connectivity index is 2.88. The van der Waals surface area contributed by atoms with Crippen LogP contribution in [0.15, 0.2) is 11.6 Å². The Morgan fingerprint density at radius 1 is 1.50 bits per heavy atom. The normalized spacial score (nSPS) is 22.9. The van der Waals surface area contributed by atoms with Crippen molar-refractivity contribution < 1.29 is 9.00 Å². The molecule has 0 spiro atoms. The molecule has 1 aliphatic heterocycles. The van der Waals surface area contributed by atoms with E-state index in [2.05, 4.69) is 6.92 Å². The number of carbonyl (C=O) groups excluding carboxylic acids is 1. The van der Waals surface area contributed by atoms with Gasteiger partial charge in [-0.05, 0) is 34.1 Å². The first-order valence-corrected chi connectivity index (χ1v) is 7.79. The molecular weight excluding hydrogens is 246 g/mol. The van der Waals surface area contributed by atoms with Crippen LogP contribution < -0.4 is 0 Å². The summed E-state index contributed by atoms with van der Waals surface area (Å²) in [6, 6.07) is 0.0440. The molecule has 4 heteroatoms. The number of ketones is 1. The topological polar surface area (TPSA) is 37.4 Å². The number of carbonyl (C=O) groups is 1. The van der Waals surface area contributed by atoms with Gasteiger partial charge in [0, 0.05) is 12.1 Å². The lowest BCUT2D eigenvalue weighted by molar-refractivity contribution is -0.113. The third-order valence-corrected chi connectivity index (χ3v) is 5.05. The number of unbranched alkanes of at least 4 members (excludes halogenated alkanes) is 1. The summed E-state index contributed by atoms with van der Waals surface area (Å²) in [5, 5.41) is 0. The minimum absolute atomic E-state index is 0.0440. The van der Waals surface area contributed by atoms with Crippen molar-refractivity contribution in [2.45, 2.75) is 64.7 Å². The molecule has 104 valence electrons. The zero-order chi connectivity index (χ0) is 13.9. The average Bonchev–Trinajstić information content (AvgIpc) is 2.67. The Bertz CT molecular complexity index is 368. The van der Waals surface area contributed by atoms with Crippen LogP contribution in [0.1, 0.15) is 53.9 Å². The van der Waals surface area contributed by atoms with Crippen molar-refractivity contribution in [1.29, 1.82) is 0 Å². The van der Waals surface area contributed by atoms with Crippen molar-refractivity contribution in [3.8, 4) is 0 Å². The van der Waals surface area contributed by atoms with Gasteiger partial charge in [-0.15, -0.1) is 0 Å². The summed E-state index contributed by atoms with van der Waals surface area (Å²) in [5.74, 6) is 0.115. The van der Waals surface area contributed by atoms with E-state index in [9.17, 15) is 9.00 Å². The molecule has 0 fully saturated rings. The standard InChI is InChI=1S/C14H25NO2S/c1-6-7-8-13-12(11(2)16)9-10-15(13)18(17)14(3,4)5/h9,13H,6-8,10H2,1-5H3/t13-,18-/m1/s1. The van der Waals surface area contributed by atoms with Crippen LogP contribution in [-0.4, -0.2) is 31.6 Å². The fourth-order valence-electron chi connectivity index (χ4n) is 2.22. The van der Waals surface area contributed by atoms with E-state index < -0.39 is 11.0 Å². The van der Waals surface area contributed by atoms with Gasteiger partial charge in [-0.1, -0.05) is 25.8 Å². The Hall–Kier alpha value is -0.480. The summed E-state index contributed by atoms with van der Waals surface area (Å²) in [5.41, 5.74) is 0.848. The van der Waals surface area contributed by atoms with Crippen molar-refractivity contribution in [1.82, 2.24) is 4.31 Å². The van der Waals surface area contributed by atoms with E-state index in [1.807, 2.05) is 31.2 Å². The second-order valence-corrected chi connectivity index (χ2v) is 8.03. The van der Waals surface area contributed by atoms with Gasteiger partial charge in [0.2, 0.25) is 0 Å². The van der Waals surface area contributed by atoms with Crippen LogP contribution in [0.25, 0.3) is 0 Å². The third kappa shape index (κ3) is 3.51. The molecule has 3 nitrogen and oxygen atoms in total. The molecule has 0 unspecified atom stereocenters. The largest absolute Gasteiger partial charge is 0.295 e. The molecule has 0 saturated carbocycles. The summed E-state index contributed by atoms with van der Waals surface area (Å²) < 4.78 is 14.2. The van der Waals surface area contributed by atoms with Crippen LogP contribution in [0, 0.1) is 0 Å². The smallest absolute Gasteiger partial charge is 0.157 e. The maximum atomic E-state index is 12.5. The molecule has 0 amide bonds. The van der Waals surface area contributed by atoms with E-state index in [0.717, 1.165) is 24.8 Å². The first kappa shape index (κ1) is 15.6. The van der Waals surface area contributed by atoms with Crippen LogP contribution in [0.5, 0.6) is 0 Å². The summed E-state index contributed by atoms with van der Waals surface area (Å²) >= 11 is 0. The molecule has 0 aromatic heterocycles. The Morgan fingerprint density at radius 3 is 2.56 bits per heavy atom. The van der Waals surface area contributed by atoms with Crippen molar-refractivity contribution in [2.75, 3.05) is 6.54 Å². The first-order chi connectivity index (χ1) is 8.29. The quantitative estimate of drug-likeness (QED) is 0.771. The highest BCUT2D eigenvalue weighted by Crippen LogP contribution is 2.29. The molecule has 0 bridgehead atoms. The highest BCUT2D eigenvalue weighted by molar-refractivity contribution is 7.84. The minimum atomic E-state index is -1.05. The summed E-state index contributed by atoms with van der Waals surface area (Å²) in [6.45, 7) is 10.3. The van der Waals surface area contributed by atoms with Crippen molar-refractivity contribution in [3.63, 3.8) is 0 Å². The maximum absolute atomic E-state index is 12.5. The van der Waals surface area contributed by atoms with Crippen LogP contribution >= 0.6 is 0 Å². The van der Waals surface area contributed by atoms with Gasteiger partial charge in [0.25, 0.3) is 0 Å². The van der Waals surface area contributed by atoms with Crippen molar-refractivity contribution in [2.24, 2.45) is 0 Å². The fraction of sp³-hybridized carbons (Fsp3) is 0.786. The monoisotopic (exact) mass is 271 g/mol. The first-order valence-electron chi connectivity index (χ1n) is 6.68. The number of rotatable bonds is 5. The van der Waals surface area contributed by atoms with Gasteiger partial charge in [-0.2, -0.15) is 0 Å². The summed E-state index contributed by atoms with van der Waals surface area (Å²) in [4.78, 5) is 11.6. The predicted molar refractivity (Wildman–Crippen MR) is 76.7 cm³/mol. The molecule has 0 aliphatic carbocycles. The second kappa shape index (κ2) is 6.11. The van der Waals surface area contributed by atoms with E-state index in [0.29, 0.717) is 6.54 Å². The molecule has 0 aromatic rings. The zero-order valence-electron chi connectivity index (χ0n) is 12.2. The van der Waals surface area contributed by atoms with Gasteiger partial charge < -0.3 is 0 Å². The lowest BCUT2D eigenvalue weighted by Crippen LogP contribution is -2.42. The average molecular weight is 271 g/mol. The van der Waals surface area contributed by atoms with E-state index in [1.165, 1.54) is 0 Å². The van der Waals surface area contributed by atoms with E-state index in [1.54, 1.807) is 6.92 Å². The molecule has 1 heterocycles. The van der Waals surface area contributed by atoms with Crippen molar-refractivity contribution >= 4 is 16.8 Å². The van der Waals surface area contributed by atoms with Gasteiger partial charge in [0.05, 0.1) is 10.8 Å². The molecule has 0 radical (unpaired) electrons. The molecule has 1 aliphatic rings. The molecule has 0 saturated heterocycles. The third-order valence-electron chi connectivity index (χ3n) is 3.17. The minimum Gasteiger partial charge on any atom is -0.295 e. The lowest BCUT2D eigenvalue weighted by Gasteiger charge is -2.31. The second-order valence-electron chi connectivity index (χ2n) is 5.83. The highest BCUT2D eigenvalue weighted by atomic mass is 32.2. The molecule has 1 rings (SSSR count). The molecule has 0 N–H and O–H groups in total. The number of nitrogens with zero attached hydrogens (tertiary/aromatic N) is 1. The van der Waals surface area contributed by atoms with Gasteiger partial charge in [-0.25, -0.2) is 8.51 Å². The fourth-order valence-corrected chi connectivity index (χ4v) is 3.58. The number of hydrogen-bond acceptors (Lipinski definition) is 2. The molecular formula is C14H25NO2S. The SMILES string of the molecule is CCCC[C@@H]1C(C(C)=O)=CCN1[S@](=O)C(C)(C)C. The summed E-state index contributed by atoms with van der Waals surface area (Å²) in [6.07, 6.45) is 5.03. The number of Topliss-reactive ketones (excluding diaryl/α,β-unsaturated/α-hetero) is 1. The molecule has 18 heavy (non-hydrogen) atoms. The van der Waals surface area contributed by atoms with Crippen LogP contribution in [0.4, 0.5) is 0 Å². The highest BCUT2D eigenvalue weighted by Gasteiger charge is 2.36. The van der Waals surface area contributed by atoms with E-state index in [-0.39, 0.29) is 16.6 Å². The van der Waals surface area contributed by atoms with Gasteiger partial charge in [0.15, 0.2) is 5.78 Å². The lowest BCUT2D eigenvalue weighted by atomic mass is 10.0. The molecule has 2 atom stereocenters. The van der Waals surface area contributed by atoms with Crippen LogP contribution in [0.3, 0.4) is 0 Å². The predicted octanol–water partition coefficient (Wildman–Crippen LogP) is 2.84. The molecule has 0 aromatic carbocycles.